The zero-order valence-corrected chi connectivity index (χ0v) is 8.97. The molecule has 6 heteroatoms. The molecule has 1 amide bonds. The van der Waals surface area contributed by atoms with Crippen molar-refractivity contribution >= 4 is 5.91 Å². The molecule has 90 valence electrons. The number of likely N-dealkylation sites (tertiary alicyclic amines) is 1. The minimum Gasteiger partial charge on any atom is -0.335 e. The van der Waals surface area contributed by atoms with Crippen LogP contribution in [-0.4, -0.2) is 30.1 Å². The molecule has 0 atom stereocenters. The summed E-state index contributed by atoms with van der Waals surface area (Å²) in [5.74, 6) is -1.77. The number of carbonyl (C=O) groups excluding carboxylic acids is 1. The van der Waals surface area contributed by atoms with Crippen molar-refractivity contribution in [2.24, 2.45) is 5.41 Å². The van der Waals surface area contributed by atoms with Gasteiger partial charge >= 0.3 is 12.1 Å². The lowest BCUT2D eigenvalue weighted by atomic mass is 9.78. The topological polar surface area (TPSA) is 44.1 Å². The van der Waals surface area contributed by atoms with E-state index in [4.69, 9.17) is 5.26 Å². The average molecular weight is 234 g/mol. The molecule has 0 aromatic rings. The second-order valence-electron chi connectivity index (χ2n) is 4.44. The Kier molecular flexibility index (Phi) is 3.46. The van der Waals surface area contributed by atoms with Crippen molar-refractivity contribution in [3.63, 3.8) is 0 Å². The van der Waals surface area contributed by atoms with E-state index < -0.39 is 12.1 Å². The zero-order valence-electron chi connectivity index (χ0n) is 8.97. The summed E-state index contributed by atoms with van der Waals surface area (Å²) in [7, 11) is 0. The summed E-state index contributed by atoms with van der Waals surface area (Å²) in [5, 5.41) is 8.58. The highest BCUT2D eigenvalue weighted by atomic mass is 19.4. The van der Waals surface area contributed by atoms with E-state index in [0.717, 1.165) is 4.90 Å². The fourth-order valence-electron chi connectivity index (χ4n) is 1.80. The van der Waals surface area contributed by atoms with E-state index in [0.29, 0.717) is 19.3 Å². The highest BCUT2D eigenvalue weighted by Gasteiger charge is 2.44. The van der Waals surface area contributed by atoms with E-state index in [2.05, 4.69) is 0 Å². The molecule has 0 aromatic heterocycles. The Labute approximate surface area is 91.8 Å². The Morgan fingerprint density at radius 1 is 1.44 bits per heavy atom. The van der Waals surface area contributed by atoms with Crippen molar-refractivity contribution in [3.8, 4) is 6.07 Å². The van der Waals surface area contributed by atoms with Crippen molar-refractivity contribution in [1.82, 2.24) is 4.90 Å². The van der Waals surface area contributed by atoms with Gasteiger partial charge in [0.05, 0.1) is 6.07 Å². The molecule has 1 saturated heterocycles. The van der Waals surface area contributed by atoms with Crippen LogP contribution in [0.25, 0.3) is 0 Å². The van der Waals surface area contributed by atoms with Crippen molar-refractivity contribution < 1.29 is 18.0 Å². The van der Waals surface area contributed by atoms with Crippen LogP contribution in [0.2, 0.25) is 0 Å². The molecule has 0 aliphatic carbocycles. The summed E-state index contributed by atoms with van der Waals surface area (Å²) in [6, 6.07) is 2.03. The number of nitrogens with zero attached hydrogens (tertiary/aromatic N) is 2. The summed E-state index contributed by atoms with van der Waals surface area (Å²) in [4.78, 5) is 11.7. The molecule has 0 aromatic carbocycles. The molecule has 0 saturated carbocycles. The highest BCUT2D eigenvalue weighted by Crippen LogP contribution is 2.35. The first-order chi connectivity index (χ1) is 7.28. The van der Waals surface area contributed by atoms with Gasteiger partial charge in [-0.15, -0.1) is 0 Å². The van der Waals surface area contributed by atoms with Gasteiger partial charge in [0.25, 0.3) is 0 Å². The first kappa shape index (κ1) is 12.8. The fourth-order valence-corrected chi connectivity index (χ4v) is 1.80. The molecular formula is C10H13F3N2O. The fraction of sp³-hybridized carbons (Fsp3) is 0.800. The number of nitriles is 1. The molecule has 1 fully saturated rings. The number of rotatable bonds is 1. The Bertz CT molecular complexity index is 311. The number of amides is 1. The molecular weight excluding hydrogens is 221 g/mol. The van der Waals surface area contributed by atoms with E-state index in [1.54, 1.807) is 0 Å². The van der Waals surface area contributed by atoms with Crippen molar-refractivity contribution in [2.45, 2.75) is 32.4 Å². The van der Waals surface area contributed by atoms with Gasteiger partial charge in [0.15, 0.2) is 0 Å². The number of carbonyl (C=O) groups is 1. The maximum atomic E-state index is 12.1. The second-order valence-corrected chi connectivity index (χ2v) is 4.44. The van der Waals surface area contributed by atoms with Gasteiger partial charge in [-0.1, -0.05) is 6.92 Å². The largest absolute Gasteiger partial charge is 0.471 e. The quantitative estimate of drug-likeness (QED) is 0.697. The first-order valence-electron chi connectivity index (χ1n) is 5.01. The number of hydrogen-bond acceptors (Lipinski definition) is 2. The summed E-state index contributed by atoms with van der Waals surface area (Å²) in [5.41, 5.74) is -0.253. The Morgan fingerprint density at radius 3 is 2.31 bits per heavy atom. The molecule has 1 rings (SSSR count). The summed E-state index contributed by atoms with van der Waals surface area (Å²) in [6.07, 6.45) is -3.57. The molecule has 0 unspecified atom stereocenters. The SMILES string of the molecule is CC1(CC#N)CCN(C(=O)C(F)(F)F)CC1. The third-order valence-electron chi connectivity index (χ3n) is 3.01. The zero-order chi connectivity index (χ0) is 12.4. The van der Waals surface area contributed by atoms with Gasteiger partial charge in [-0.05, 0) is 18.3 Å². The van der Waals surface area contributed by atoms with Crippen LogP contribution in [0.3, 0.4) is 0 Å². The third kappa shape index (κ3) is 2.87. The van der Waals surface area contributed by atoms with Gasteiger partial charge in [-0.2, -0.15) is 18.4 Å². The molecule has 0 N–H and O–H groups in total. The summed E-state index contributed by atoms with van der Waals surface area (Å²) < 4.78 is 36.4. The van der Waals surface area contributed by atoms with E-state index in [9.17, 15) is 18.0 Å². The molecule has 1 aliphatic rings. The van der Waals surface area contributed by atoms with Crippen LogP contribution in [0.4, 0.5) is 13.2 Å². The van der Waals surface area contributed by atoms with Crippen LogP contribution in [0, 0.1) is 16.7 Å². The highest BCUT2D eigenvalue weighted by molar-refractivity contribution is 5.81. The van der Waals surface area contributed by atoms with Gasteiger partial charge in [0.1, 0.15) is 0 Å². The van der Waals surface area contributed by atoms with Gasteiger partial charge in [-0.25, -0.2) is 0 Å². The standard InChI is InChI=1S/C10H13F3N2O/c1-9(2-5-14)3-6-15(7-4-9)8(16)10(11,12)13/h2-4,6-7H2,1H3. The molecule has 1 aliphatic heterocycles. The summed E-state index contributed by atoms with van der Waals surface area (Å²) >= 11 is 0. The molecule has 16 heavy (non-hydrogen) atoms. The third-order valence-corrected chi connectivity index (χ3v) is 3.01. The van der Waals surface area contributed by atoms with Crippen LogP contribution in [0.5, 0.6) is 0 Å². The van der Waals surface area contributed by atoms with Crippen LogP contribution in [-0.2, 0) is 4.79 Å². The van der Waals surface area contributed by atoms with Crippen LogP contribution < -0.4 is 0 Å². The monoisotopic (exact) mass is 234 g/mol. The lowest BCUT2D eigenvalue weighted by Gasteiger charge is -2.38. The number of piperidine rings is 1. The minimum absolute atomic E-state index is 0.0799. The molecule has 0 bridgehead atoms. The van der Waals surface area contributed by atoms with Gasteiger partial charge in [0, 0.05) is 19.5 Å². The Hall–Kier alpha value is -1.25. The smallest absolute Gasteiger partial charge is 0.335 e. The average Bonchev–Trinajstić information content (AvgIpc) is 2.16. The van der Waals surface area contributed by atoms with E-state index in [-0.39, 0.29) is 18.5 Å². The maximum absolute atomic E-state index is 12.1. The predicted molar refractivity (Wildman–Crippen MR) is 50.2 cm³/mol. The van der Waals surface area contributed by atoms with Crippen molar-refractivity contribution in [3.05, 3.63) is 0 Å². The first-order valence-corrected chi connectivity index (χ1v) is 5.01. The number of halogens is 3. The predicted octanol–water partition coefficient (Wildman–Crippen LogP) is 2.09. The van der Waals surface area contributed by atoms with Gasteiger partial charge in [0.2, 0.25) is 0 Å². The lowest BCUT2D eigenvalue weighted by Crippen LogP contribution is -2.47. The summed E-state index contributed by atoms with van der Waals surface area (Å²) in [6.45, 7) is 2.03. The van der Waals surface area contributed by atoms with Crippen molar-refractivity contribution in [2.75, 3.05) is 13.1 Å². The van der Waals surface area contributed by atoms with Crippen LogP contribution in [0.15, 0.2) is 0 Å². The van der Waals surface area contributed by atoms with Crippen LogP contribution >= 0.6 is 0 Å². The second kappa shape index (κ2) is 4.32. The molecule has 3 nitrogen and oxygen atoms in total. The maximum Gasteiger partial charge on any atom is 0.471 e. The van der Waals surface area contributed by atoms with E-state index >= 15 is 0 Å². The normalized spacial score (nSPS) is 20.3. The number of alkyl halides is 3. The van der Waals surface area contributed by atoms with Gasteiger partial charge < -0.3 is 4.90 Å². The minimum atomic E-state index is -4.79. The van der Waals surface area contributed by atoms with Crippen LogP contribution in [0.1, 0.15) is 26.2 Å². The van der Waals surface area contributed by atoms with E-state index in [1.807, 2.05) is 13.0 Å². The number of hydrogen-bond donors (Lipinski definition) is 0. The molecule has 0 radical (unpaired) electrons. The molecule has 1 heterocycles. The molecule has 0 spiro atoms. The lowest BCUT2D eigenvalue weighted by molar-refractivity contribution is -0.187. The van der Waals surface area contributed by atoms with Crippen molar-refractivity contribution in [1.29, 1.82) is 5.26 Å². The Morgan fingerprint density at radius 2 is 1.94 bits per heavy atom. The van der Waals surface area contributed by atoms with Gasteiger partial charge in [-0.3, -0.25) is 4.79 Å². The Balaban J connectivity index is 2.56. The van der Waals surface area contributed by atoms with E-state index in [1.165, 1.54) is 0 Å².